The summed E-state index contributed by atoms with van der Waals surface area (Å²) in [5, 5.41) is 2.20. The van der Waals surface area contributed by atoms with Gasteiger partial charge in [-0.1, -0.05) is 36.8 Å². The fraction of sp³-hybridized carbons (Fsp3) is 0.179. The molecule has 1 aliphatic rings. The van der Waals surface area contributed by atoms with Gasteiger partial charge < -0.3 is 8.92 Å². The number of barbiturate groups is 1. The number of amides is 4. The van der Waals surface area contributed by atoms with Gasteiger partial charge in [0, 0.05) is 0 Å². The third-order valence-electron chi connectivity index (χ3n) is 5.85. The van der Waals surface area contributed by atoms with Crippen molar-refractivity contribution in [2.75, 3.05) is 11.5 Å². The average Bonchev–Trinajstić information content (AvgIpc) is 2.89. The van der Waals surface area contributed by atoms with E-state index in [2.05, 4.69) is 5.32 Å². The van der Waals surface area contributed by atoms with E-state index in [4.69, 9.17) is 8.92 Å². The summed E-state index contributed by atoms with van der Waals surface area (Å²) in [5.74, 6) is -1.55. The number of anilines is 1. The highest BCUT2D eigenvalue weighted by molar-refractivity contribution is 14.1. The van der Waals surface area contributed by atoms with Gasteiger partial charge in [-0.3, -0.25) is 14.9 Å². The van der Waals surface area contributed by atoms with Gasteiger partial charge in [0.05, 0.1) is 15.9 Å². The fourth-order valence-corrected chi connectivity index (χ4v) is 5.66. The predicted molar refractivity (Wildman–Crippen MR) is 154 cm³/mol. The fourth-order valence-electron chi connectivity index (χ4n) is 3.82. The summed E-state index contributed by atoms with van der Waals surface area (Å²) >= 11 is 1.90. The van der Waals surface area contributed by atoms with E-state index in [1.807, 2.05) is 36.4 Å². The lowest BCUT2D eigenvalue weighted by Crippen LogP contribution is -2.54. The summed E-state index contributed by atoms with van der Waals surface area (Å²) in [5.41, 5.74) is 2.35. The molecule has 0 saturated carbocycles. The monoisotopic (exact) mass is 660 g/mol. The molecule has 3 aromatic carbocycles. The van der Waals surface area contributed by atoms with E-state index in [0.29, 0.717) is 14.8 Å². The van der Waals surface area contributed by atoms with Crippen molar-refractivity contribution in [2.24, 2.45) is 0 Å². The minimum absolute atomic E-state index is 0.0151. The van der Waals surface area contributed by atoms with Gasteiger partial charge in [0.2, 0.25) is 0 Å². The number of ether oxygens (including phenoxy) is 1. The molecule has 0 aliphatic carbocycles. The Labute approximate surface area is 240 Å². The van der Waals surface area contributed by atoms with E-state index in [1.165, 1.54) is 24.3 Å². The topological polar surface area (TPSA) is 119 Å². The zero-order valence-electron chi connectivity index (χ0n) is 21.4. The van der Waals surface area contributed by atoms with Crippen molar-refractivity contribution in [3.63, 3.8) is 0 Å². The van der Waals surface area contributed by atoms with Crippen molar-refractivity contribution < 1.29 is 31.7 Å². The van der Waals surface area contributed by atoms with E-state index in [1.54, 1.807) is 49.4 Å². The van der Waals surface area contributed by atoms with Gasteiger partial charge >= 0.3 is 16.1 Å². The van der Waals surface area contributed by atoms with Gasteiger partial charge in [-0.25, -0.2) is 9.69 Å². The highest BCUT2D eigenvalue weighted by Crippen LogP contribution is 2.37. The van der Waals surface area contributed by atoms with Crippen molar-refractivity contribution in [3.8, 4) is 11.5 Å². The van der Waals surface area contributed by atoms with Gasteiger partial charge in [-0.05, 0) is 96.5 Å². The molecule has 11 heteroatoms. The normalized spacial score (nSPS) is 14.9. The summed E-state index contributed by atoms with van der Waals surface area (Å²) in [7, 11) is -4.16. The van der Waals surface area contributed by atoms with E-state index in [0.717, 1.165) is 22.4 Å². The Kier molecular flexibility index (Phi) is 8.40. The third kappa shape index (κ3) is 6.14. The number of hydrogen-bond donors (Lipinski definition) is 1. The van der Waals surface area contributed by atoms with Crippen LogP contribution in [0.25, 0.3) is 6.08 Å². The van der Waals surface area contributed by atoms with Crippen LogP contribution in [0.4, 0.5) is 10.5 Å². The molecule has 3 aromatic rings. The number of aryl methyl sites for hydroxylation is 2. The summed E-state index contributed by atoms with van der Waals surface area (Å²) in [4.78, 5) is 39.3. The van der Waals surface area contributed by atoms with Gasteiger partial charge in [0.1, 0.15) is 10.5 Å². The first kappa shape index (κ1) is 28.3. The summed E-state index contributed by atoms with van der Waals surface area (Å²) in [6, 6.07) is 15.3. The van der Waals surface area contributed by atoms with E-state index < -0.39 is 28.0 Å². The molecule has 202 valence electrons. The Hall–Kier alpha value is -3.71. The number of halogens is 1. The maximum absolute atomic E-state index is 13.3. The van der Waals surface area contributed by atoms with Crippen LogP contribution in [0.2, 0.25) is 0 Å². The van der Waals surface area contributed by atoms with Crippen LogP contribution >= 0.6 is 22.6 Å². The number of nitrogens with zero attached hydrogens (tertiary/aromatic N) is 1. The summed E-state index contributed by atoms with van der Waals surface area (Å²) in [6.07, 6.45) is 2.11. The van der Waals surface area contributed by atoms with Crippen molar-refractivity contribution in [2.45, 2.75) is 32.1 Å². The molecule has 39 heavy (non-hydrogen) atoms. The highest BCUT2D eigenvalue weighted by Gasteiger charge is 2.37. The van der Waals surface area contributed by atoms with E-state index >= 15 is 0 Å². The minimum Gasteiger partial charge on any atom is -0.490 e. The van der Waals surface area contributed by atoms with Crippen LogP contribution in [0.15, 0.2) is 71.1 Å². The van der Waals surface area contributed by atoms with Crippen molar-refractivity contribution >= 4 is 62.3 Å². The molecular formula is C28H25IN2O7S. The smallest absolute Gasteiger partial charge is 0.339 e. The number of imide groups is 2. The minimum atomic E-state index is -4.16. The number of urea groups is 1. The third-order valence-corrected chi connectivity index (χ3v) is 7.89. The maximum Gasteiger partial charge on any atom is 0.339 e. The van der Waals surface area contributed by atoms with Crippen LogP contribution in [-0.4, -0.2) is 32.9 Å². The van der Waals surface area contributed by atoms with Crippen LogP contribution in [0.5, 0.6) is 11.5 Å². The number of benzene rings is 3. The quantitative estimate of drug-likeness (QED) is 0.157. The molecule has 4 amide bonds. The van der Waals surface area contributed by atoms with Crippen molar-refractivity contribution in [3.05, 3.63) is 86.5 Å². The Balaban J connectivity index is 1.70. The molecule has 1 aliphatic heterocycles. The van der Waals surface area contributed by atoms with E-state index in [-0.39, 0.29) is 28.6 Å². The van der Waals surface area contributed by atoms with Crippen LogP contribution in [0.1, 0.15) is 30.5 Å². The van der Waals surface area contributed by atoms with Crippen LogP contribution in [0, 0.1) is 10.5 Å². The molecule has 0 spiro atoms. The van der Waals surface area contributed by atoms with Gasteiger partial charge in [0.25, 0.3) is 11.8 Å². The Morgan fingerprint density at radius 1 is 0.974 bits per heavy atom. The Morgan fingerprint density at radius 2 is 1.64 bits per heavy atom. The zero-order valence-corrected chi connectivity index (χ0v) is 24.3. The van der Waals surface area contributed by atoms with Crippen LogP contribution in [-0.2, 0) is 26.1 Å². The number of nitrogens with one attached hydrogen (secondary N) is 1. The first-order valence-electron chi connectivity index (χ1n) is 12.0. The van der Waals surface area contributed by atoms with Crippen LogP contribution < -0.4 is 19.1 Å². The van der Waals surface area contributed by atoms with Crippen molar-refractivity contribution in [1.82, 2.24) is 5.32 Å². The number of carbonyl (C=O) groups excluding carboxylic acids is 3. The molecule has 1 heterocycles. The second kappa shape index (κ2) is 11.6. The molecule has 4 rings (SSSR count). The zero-order chi connectivity index (χ0) is 28.3. The largest absolute Gasteiger partial charge is 0.490 e. The molecule has 0 aromatic heterocycles. The number of rotatable bonds is 8. The lowest BCUT2D eigenvalue weighted by atomic mass is 10.1. The molecule has 1 fully saturated rings. The predicted octanol–water partition coefficient (Wildman–Crippen LogP) is 4.99. The number of hydrogen-bond acceptors (Lipinski definition) is 7. The molecule has 0 atom stereocenters. The molecule has 1 saturated heterocycles. The molecule has 0 radical (unpaired) electrons. The summed E-state index contributed by atoms with van der Waals surface area (Å²) in [6.45, 7) is 5.75. The second-order valence-corrected chi connectivity index (χ2v) is 11.3. The first-order chi connectivity index (χ1) is 18.5. The molecule has 9 nitrogen and oxygen atoms in total. The van der Waals surface area contributed by atoms with Crippen molar-refractivity contribution in [1.29, 1.82) is 0 Å². The average molecular weight is 660 g/mol. The summed E-state index contributed by atoms with van der Waals surface area (Å²) < 4.78 is 37.3. The lowest BCUT2D eigenvalue weighted by molar-refractivity contribution is -0.122. The molecule has 0 bridgehead atoms. The van der Waals surface area contributed by atoms with Gasteiger partial charge in [0.15, 0.2) is 11.5 Å². The standard InChI is InChI=1S/C28H25IN2O7S/c1-4-18-8-10-20(11-9-18)31-27(33)22(26(32)30-28(31)34)14-19-15-23(29)25(24(16-19)37-5-2)38-39(35,36)21-12-6-17(3)7-13-21/h6-16H,4-5H2,1-3H3,(H,30,32,34)/b22-14+. The lowest BCUT2D eigenvalue weighted by Gasteiger charge is -2.26. The molecule has 0 unspecified atom stereocenters. The Morgan fingerprint density at radius 3 is 2.26 bits per heavy atom. The highest BCUT2D eigenvalue weighted by atomic mass is 127. The first-order valence-corrected chi connectivity index (χ1v) is 14.5. The Bertz CT molecular complexity index is 1580. The van der Waals surface area contributed by atoms with Gasteiger partial charge in [-0.2, -0.15) is 8.42 Å². The second-order valence-electron chi connectivity index (χ2n) is 8.59. The molecule has 1 N–H and O–H groups in total. The number of carbonyl (C=O) groups is 3. The van der Waals surface area contributed by atoms with E-state index in [9.17, 15) is 22.8 Å². The SMILES string of the molecule is CCOc1cc(/C=C2\C(=O)NC(=O)N(c3ccc(CC)cc3)C2=O)cc(I)c1OS(=O)(=O)c1ccc(C)cc1. The maximum atomic E-state index is 13.3. The van der Waals surface area contributed by atoms with Crippen LogP contribution in [0.3, 0.4) is 0 Å². The molecular weight excluding hydrogens is 635 g/mol. The van der Waals surface area contributed by atoms with Gasteiger partial charge in [-0.15, -0.1) is 0 Å².